The third-order valence-electron chi connectivity index (χ3n) is 3.22. The lowest BCUT2D eigenvalue weighted by Gasteiger charge is -2.29. The van der Waals surface area contributed by atoms with Gasteiger partial charge < -0.3 is 4.52 Å². The highest BCUT2D eigenvalue weighted by atomic mass is 31.2. The minimum Gasteiger partial charge on any atom is -0.318 e. The van der Waals surface area contributed by atoms with Crippen LogP contribution in [0.2, 0.25) is 0 Å². The van der Waals surface area contributed by atoms with Gasteiger partial charge in [-0.3, -0.25) is 4.57 Å². The van der Waals surface area contributed by atoms with Crippen LogP contribution >= 0.6 is 7.37 Å². The quantitative estimate of drug-likeness (QED) is 0.718. The standard InChI is InChI=1S/C17H19F2O2P/c1-13(2)21-22(20,16-7-5-4-6-8-16)17(18,19)15-11-9-14(3)10-12-15/h4-13H,1-3H3. The minimum atomic E-state index is -4.40. The Kier molecular flexibility index (Phi) is 4.84. The summed E-state index contributed by atoms with van der Waals surface area (Å²) in [5.74, 6) is 0. The molecule has 0 spiro atoms. The average molecular weight is 324 g/mol. The highest BCUT2D eigenvalue weighted by Crippen LogP contribution is 2.65. The van der Waals surface area contributed by atoms with Crippen molar-refractivity contribution in [1.82, 2.24) is 0 Å². The van der Waals surface area contributed by atoms with Crippen LogP contribution in [-0.4, -0.2) is 6.10 Å². The predicted octanol–water partition coefficient (Wildman–Crippen LogP) is 5.07. The summed E-state index contributed by atoms with van der Waals surface area (Å²) >= 11 is 0. The van der Waals surface area contributed by atoms with E-state index < -0.39 is 19.1 Å². The van der Waals surface area contributed by atoms with Gasteiger partial charge in [0, 0.05) is 10.9 Å². The maximum atomic E-state index is 15.0. The highest BCUT2D eigenvalue weighted by Gasteiger charge is 2.54. The zero-order valence-corrected chi connectivity index (χ0v) is 13.7. The molecule has 2 aromatic carbocycles. The lowest BCUT2D eigenvalue weighted by molar-refractivity contribution is 0.0627. The van der Waals surface area contributed by atoms with Gasteiger partial charge in [0.05, 0.1) is 6.10 Å². The molecule has 0 saturated heterocycles. The molecule has 0 bridgehead atoms. The third-order valence-corrected chi connectivity index (χ3v) is 5.92. The van der Waals surface area contributed by atoms with Gasteiger partial charge in [-0.05, 0) is 32.9 Å². The van der Waals surface area contributed by atoms with Gasteiger partial charge in [-0.2, -0.15) is 8.78 Å². The van der Waals surface area contributed by atoms with Crippen LogP contribution in [0.15, 0.2) is 54.6 Å². The summed E-state index contributed by atoms with van der Waals surface area (Å²) in [7, 11) is -4.40. The van der Waals surface area contributed by atoms with Gasteiger partial charge in [0.25, 0.3) is 0 Å². The Morgan fingerprint density at radius 2 is 1.55 bits per heavy atom. The molecule has 0 aliphatic heterocycles. The molecule has 2 rings (SSSR count). The van der Waals surface area contributed by atoms with E-state index in [0.717, 1.165) is 5.56 Å². The molecule has 1 unspecified atom stereocenters. The van der Waals surface area contributed by atoms with Crippen LogP contribution in [-0.2, 0) is 14.8 Å². The van der Waals surface area contributed by atoms with Crippen molar-refractivity contribution in [2.24, 2.45) is 0 Å². The zero-order chi connectivity index (χ0) is 16.4. The Bertz CT molecular complexity index is 667. The van der Waals surface area contributed by atoms with Crippen molar-refractivity contribution < 1.29 is 17.9 Å². The molecule has 0 fully saturated rings. The van der Waals surface area contributed by atoms with Crippen molar-refractivity contribution in [2.75, 3.05) is 0 Å². The molecular weight excluding hydrogens is 305 g/mol. The van der Waals surface area contributed by atoms with Crippen LogP contribution in [0.5, 0.6) is 0 Å². The van der Waals surface area contributed by atoms with E-state index in [-0.39, 0.29) is 10.9 Å². The van der Waals surface area contributed by atoms with Crippen molar-refractivity contribution in [3.8, 4) is 0 Å². The first-order chi connectivity index (χ1) is 10.3. The van der Waals surface area contributed by atoms with Gasteiger partial charge in [-0.25, -0.2) is 0 Å². The number of aryl methyl sites for hydroxylation is 1. The maximum Gasteiger partial charge on any atom is 0.350 e. The summed E-state index contributed by atoms with van der Waals surface area (Å²) < 4.78 is 48.4. The molecule has 1 atom stereocenters. The maximum absolute atomic E-state index is 15.0. The van der Waals surface area contributed by atoms with E-state index in [0.29, 0.717) is 0 Å². The molecule has 22 heavy (non-hydrogen) atoms. The lowest BCUT2D eigenvalue weighted by atomic mass is 10.2. The van der Waals surface area contributed by atoms with Crippen LogP contribution in [0.3, 0.4) is 0 Å². The van der Waals surface area contributed by atoms with Crippen LogP contribution in [0.25, 0.3) is 0 Å². The Morgan fingerprint density at radius 3 is 2.05 bits per heavy atom. The normalized spacial score (nSPS) is 14.8. The van der Waals surface area contributed by atoms with Gasteiger partial charge in [0.1, 0.15) is 0 Å². The van der Waals surface area contributed by atoms with Crippen molar-refractivity contribution in [2.45, 2.75) is 32.5 Å². The molecule has 2 nitrogen and oxygen atoms in total. The molecule has 118 valence electrons. The fourth-order valence-electron chi connectivity index (χ4n) is 2.13. The van der Waals surface area contributed by atoms with Crippen molar-refractivity contribution in [3.63, 3.8) is 0 Å². The largest absolute Gasteiger partial charge is 0.350 e. The van der Waals surface area contributed by atoms with Gasteiger partial charge in [-0.15, -0.1) is 0 Å². The Hall–Kier alpha value is -1.51. The topological polar surface area (TPSA) is 26.3 Å². The minimum absolute atomic E-state index is 0.0225. The van der Waals surface area contributed by atoms with Gasteiger partial charge >= 0.3 is 13.0 Å². The Morgan fingerprint density at radius 1 is 1.00 bits per heavy atom. The van der Waals surface area contributed by atoms with Gasteiger partial charge in [0.2, 0.25) is 0 Å². The van der Waals surface area contributed by atoms with Crippen LogP contribution in [0, 0.1) is 6.92 Å². The molecule has 0 saturated carbocycles. The van der Waals surface area contributed by atoms with Gasteiger partial charge in [-0.1, -0.05) is 48.0 Å². The first kappa shape index (κ1) is 16.9. The van der Waals surface area contributed by atoms with E-state index in [9.17, 15) is 13.3 Å². The van der Waals surface area contributed by atoms with E-state index in [1.807, 2.05) is 6.92 Å². The Labute approximate surface area is 129 Å². The second-order valence-electron chi connectivity index (χ2n) is 5.45. The van der Waals surface area contributed by atoms with E-state index >= 15 is 0 Å². The molecule has 2 aromatic rings. The second-order valence-corrected chi connectivity index (χ2v) is 7.84. The molecule has 0 aliphatic carbocycles. The van der Waals surface area contributed by atoms with E-state index in [2.05, 4.69) is 0 Å². The van der Waals surface area contributed by atoms with Crippen LogP contribution < -0.4 is 5.30 Å². The second kappa shape index (κ2) is 6.31. The molecule has 0 amide bonds. The lowest BCUT2D eigenvalue weighted by Crippen LogP contribution is -2.25. The SMILES string of the molecule is Cc1ccc(C(F)(F)P(=O)(OC(C)C)c2ccccc2)cc1. The van der Waals surface area contributed by atoms with E-state index in [4.69, 9.17) is 4.52 Å². The van der Waals surface area contributed by atoms with Crippen LogP contribution in [0.1, 0.15) is 25.0 Å². The summed E-state index contributed by atoms with van der Waals surface area (Å²) in [5.41, 5.74) is -3.03. The summed E-state index contributed by atoms with van der Waals surface area (Å²) in [6.07, 6.45) is -0.581. The smallest absolute Gasteiger partial charge is 0.318 e. The van der Waals surface area contributed by atoms with E-state index in [1.54, 1.807) is 44.2 Å². The summed E-state index contributed by atoms with van der Waals surface area (Å²) in [6, 6.07) is 13.4. The highest BCUT2D eigenvalue weighted by molar-refractivity contribution is 7.67. The summed E-state index contributed by atoms with van der Waals surface area (Å²) in [5, 5.41) is 0.0225. The van der Waals surface area contributed by atoms with Crippen molar-refractivity contribution in [3.05, 3.63) is 65.7 Å². The summed E-state index contributed by atoms with van der Waals surface area (Å²) in [6.45, 7) is 5.00. The third kappa shape index (κ3) is 3.13. The van der Waals surface area contributed by atoms with Crippen LogP contribution in [0.4, 0.5) is 8.78 Å². The molecule has 5 heteroatoms. The predicted molar refractivity (Wildman–Crippen MR) is 85.0 cm³/mol. The molecule has 0 aliphatic rings. The molecule has 0 N–H and O–H groups in total. The number of benzene rings is 2. The van der Waals surface area contributed by atoms with Gasteiger partial charge in [0.15, 0.2) is 0 Å². The van der Waals surface area contributed by atoms with E-state index in [1.165, 1.54) is 24.3 Å². The number of halogens is 2. The first-order valence-corrected chi connectivity index (χ1v) is 8.69. The monoisotopic (exact) mass is 324 g/mol. The summed E-state index contributed by atoms with van der Waals surface area (Å²) in [4.78, 5) is 0. The fraction of sp³-hybridized carbons (Fsp3) is 0.294. The fourth-order valence-corrected chi connectivity index (χ4v) is 4.36. The average Bonchev–Trinajstić information content (AvgIpc) is 2.47. The first-order valence-electron chi connectivity index (χ1n) is 7.06. The number of hydrogen-bond acceptors (Lipinski definition) is 2. The zero-order valence-electron chi connectivity index (χ0n) is 12.8. The molecule has 0 aromatic heterocycles. The van der Waals surface area contributed by atoms with Crippen molar-refractivity contribution in [1.29, 1.82) is 0 Å². The Balaban J connectivity index is 2.57. The molecular formula is C17H19F2O2P. The number of hydrogen-bond donors (Lipinski definition) is 0. The molecule has 0 radical (unpaired) electrons. The number of alkyl halides is 2. The molecule has 0 heterocycles. The van der Waals surface area contributed by atoms with Crippen molar-refractivity contribution >= 4 is 12.7 Å². The number of rotatable bonds is 5.